The van der Waals surface area contributed by atoms with Crippen LogP contribution < -0.4 is 0 Å². The lowest BCUT2D eigenvalue weighted by Crippen LogP contribution is -2.39. The van der Waals surface area contributed by atoms with Crippen molar-refractivity contribution in [2.75, 3.05) is 0 Å². The lowest BCUT2D eigenvalue weighted by molar-refractivity contribution is 0.0833. The first-order valence-electron chi connectivity index (χ1n) is 8.98. The molecule has 0 aromatic carbocycles. The standard InChI is InChI=1S/C18H36B2/c1-7-9-15(2,3)18(19,20)12-14-11-13-8-10-17(14,6)16(13,4)5/h13-14H,7-12,19-20H2,1-6H3. The zero-order chi connectivity index (χ0) is 15.4. The smallest absolute Gasteiger partial charge is 0.0793 e. The summed E-state index contributed by atoms with van der Waals surface area (Å²) >= 11 is 0. The van der Waals surface area contributed by atoms with Crippen molar-refractivity contribution in [1.29, 1.82) is 0 Å². The summed E-state index contributed by atoms with van der Waals surface area (Å²) < 4.78 is 0. The highest BCUT2D eigenvalue weighted by molar-refractivity contribution is 6.40. The molecule has 0 aromatic heterocycles. The maximum Gasteiger partial charge on any atom is 0.0999 e. The third-order valence-electron chi connectivity index (χ3n) is 8.44. The highest BCUT2D eigenvalue weighted by Crippen LogP contribution is 2.70. The van der Waals surface area contributed by atoms with Crippen LogP contribution in [0.4, 0.5) is 0 Å². The van der Waals surface area contributed by atoms with Crippen LogP contribution in [0.15, 0.2) is 0 Å². The van der Waals surface area contributed by atoms with Gasteiger partial charge in [0, 0.05) is 0 Å². The van der Waals surface area contributed by atoms with Gasteiger partial charge < -0.3 is 0 Å². The molecule has 0 N–H and O–H groups in total. The van der Waals surface area contributed by atoms with Crippen molar-refractivity contribution in [1.82, 2.24) is 0 Å². The Morgan fingerprint density at radius 1 is 1.15 bits per heavy atom. The average Bonchev–Trinajstić information content (AvgIpc) is 2.61. The molecule has 20 heavy (non-hydrogen) atoms. The molecule has 0 spiro atoms. The number of hydrogen-bond acceptors (Lipinski definition) is 0. The minimum atomic E-state index is 0.456. The van der Waals surface area contributed by atoms with Gasteiger partial charge in [0.2, 0.25) is 0 Å². The quantitative estimate of drug-likeness (QED) is 0.663. The Labute approximate surface area is 129 Å². The molecule has 2 aliphatic carbocycles. The third-order valence-corrected chi connectivity index (χ3v) is 8.44. The molecular weight excluding hydrogens is 238 g/mol. The van der Waals surface area contributed by atoms with E-state index in [9.17, 15) is 0 Å². The normalized spacial score (nSPS) is 36.5. The van der Waals surface area contributed by atoms with E-state index in [2.05, 4.69) is 57.2 Å². The van der Waals surface area contributed by atoms with Gasteiger partial charge in [0.05, 0.1) is 15.7 Å². The largest absolute Gasteiger partial charge is 0.0999 e. The second kappa shape index (κ2) is 4.82. The fraction of sp³-hybridized carbons (Fsp3) is 1.00. The van der Waals surface area contributed by atoms with Gasteiger partial charge in [-0.15, -0.1) is 0 Å². The summed E-state index contributed by atoms with van der Waals surface area (Å²) in [5.74, 6) is 1.94. The minimum Gasteiger partial charge on any atom is -0.0793 e. The number of hydrogen-bond donors (Lipinski definition) is 0. The molecule has 0 aliphatic heterocycles. The van der Waals surface area contributed by atoms with Crippen molar-refractivity contribution in [3.8, 4) is 0 Å². The molecule has 3 atom stereocenters. The Hall–Kier alpha value is 0.130. The molecule has 0 amide bonds. The van der Waals surface area contributed by atoms with Crippen LogP contribution in [-0.4, -0.2) is 15.7 Å². The maximum atomic E-state index is 2.60. The summed E-state index contributed by atoms with van der Waals surface area (Å²) in [5.41, 5.74) is 1.63. The Balaban J connectivity index is 2.16. The first-order chi connectivity index (χ1) is 8.98. The second-order valence-electron chi connectivity index (χ2n) is 10.0. The van der Waals surface area contributed by atoms with Crippen molar-refractivity contribution >= 4 is 15.7 Å². The molecule has 2 bridgehead atoms. The Bertz CT molecular complexity index is 370. The lowest BCUT2D eigenvalue weighted by atomic mass is 9.39. The minimum absolute atomic E-state index is 0.456. The van der Waals surface area contributed by atoms with E-state index in [0.29, 0.717) is 21.5 Å². The predicted molar refractivity (Wildman–Crippen MR) is 95.8 cm³/mol. The SMILES string of the molecule is BC(B)(CC1CC2CCC1(C)C2(C)C)C(C)(C)CCC. The van der Waals surface area contributed by atoms with Gasteiger partial charge in [0.1, 0.15) is 0 Å². The number of fused-ring (bicyclic) bond motifs is 2. The Morgan fingerprint density at radius 3 is 2.15 bits per heavy atom. The summed E-state index contributed by atoms with van der Waals surface area (Å²) in [6.07, 6.45) is 8.55. The first-order valence-corrected chi connectivity index (χ1v) is 8.98. The van der Waals surface area contributed by atoms with Gasteiger partial charge in [0.25, 0.3) is 0 Å². The maximum absolute atomic E-state index is 2.60. The van der Waals surface area contributed by atoms with Gasteiger partial charge in [-0.3, -0.25) is 0 Å². The zero-order valence-electron chi connectivity index (χ0n) is 15.4. The molecule has 0 nitrogen and oxygen atoms in total. The fourth-order valence-corrected chi connectivity index (χ4v) is 5.53. The first kappa shape index (κ1) is 16.5. The number of rotatable bonds is 5. The van der Waals surface area contributed by atoms with E-state index in [0.717, 1.165) is 11.8 Å². The molecule has 0 heterocycles. The topological polar surface area (TPSA) is 0 Å². The molecule has 0 saturated heterocycles. The molecule has 2 heteroatoms. The summed E-state index contributed by atoms with van der Waals surface area (Å²) in [6, 6.07) is 0. The molecule has 2 saturated carbocycles. The second-order valence-corrected chi connectivity index (χ2v) is 10.0. The summed E-state index contributed by atoms with van der Waals surface area (Å²) in [7, 11) is 5.07. The van der Waals surface area contributed by atoms with Crippen LogP contribution in [0.25, 0.3) is 0 Å². The Morgan fingerprint density at radius 2 is 1.75 bits per heavy atom. The van der Waals surface area contributed by atoms with E-state index in [1.165, 1.54) is 38.5 Å². The highest BCUT2D eigenvalue weighted by atomic mass is 14.7. The van der Waals surface area contributed by atoms with Crippen LogP contribution in [0.3, 0.4) is 0 Å². The van der Waals surface area contributed by atoms with E-state index >= 15 is 0 Å². The third kappa shape index (κ3) is 2.20. The van der Waals surface area contributed by atoms with Crippen molar-refractivity contribution in [2.24, 2.45) is 28.1 Å². The van der Waals surface area contributed by atoms with Crippen LogP contribution in [0.2, 0.25) is 5.21 Å². The van der Waals surface area contributed by atoms with Crippen molar-refractivity contribution in [3.63, 3.8) is 0 Å². The average molecular weight is 274 g/mol. The van der Waals surface area contributed by atoms with Crippen molar-refractivity contribution < 1.29 is 0 Å². The zero-order valence-corrected chi connectivity index (χ0v) is 15.4. The molecule has 2 fully saturated rings. The van der Waals surface area contributed by atoms with Crippen LogP contribution in [-0.2, 0) is 0 Å². The van der Waals surface area contributed by atoms with Crippen LogP contribution in [0, 0.1) is 28.1 Å². The molecule has 0 radical (unpaired) electrons. The van der Waals surface area contributed by atoms with E-state index in [1.807, 2.05) is 0 Å². The lowest BCUT2D eigenvalue weighted by Gasteiger charge is -2.48. The van der Waals surface area contributed by atoms with Gasteiger partial charge in [0.15, 0.2) is 0 Å². The van der Waals surface area contributed by atoms with Crippen LogP contribution in [0.1, 0.15) is 80.1 Å². The fourth-order valence-electron chi connectivity index (χ4n) is 5.53. The van der Waals surface area contributed by atoms with Crippen LogP contribution in [0.5, 0.6) is 0 Å². The molecule has 0 aromatic rings. The van der Waals surface area contributed by atoms with E-state index < -0.39 is 0 Å². The predicted octanol–water partition coefficient (Wildman–Crippen LogP) is 4.05. The van der Waals surface area contributed by atoms with Crippen LogP contribution >= 0.6 is 0 Å². The summed E-state index contributed by atoms with van der Waals surface area (Å²) in [5, 5.41) is 0.456. The van der Waals surface area contributed by atoms with E-state index in [1.54, 1.807) is 0 Å². The van der Waals surface area contributed by atoms with Gasteiger partial charge in [-0.05, 0) is 53.8 Å². The van der Waals surface area contributed by atoms with Gasteiger partial charge in [-0.2, -0.15) is 0 Å². The molecule has 2 rings (SSSR count). The van der Waals surface area contributed by atoms with E-state index in [-0.39, 0.29) is 0 Å². The van der Waals surface area contributed by atoms with Crippen molar-refractivity contribution in [3.05, 3.63) is 0 Å². The molecular formula is C18H36B2. The summed E-state index contributed by atoms with van der Waals surface area (Å²) in [6.45, 7) is 15.0. The molecule has 2 aliphatic rings. The molecule has 3 unspecified atom stereocenters. The van der Waals surface area contributed by atoms with Gasteiger partial charge >= 0.3 is 0 Å². The van der Waals surface area contributed by atoms with Gasteiger partial charge in [-0.1, -0.05) is 59.6 Å². The highest BCUT2D eigenvalue weighted by Gasteiger charge is 2.61. The van der Waals surface area contributed by atoms with Gasteiger partial charge in [-0.25, -0.2) is 0 Å². The molecule has 114 valence electrons. The Kier molecular flexibility index (Phi) is 3.97. The van der Waals surface area contributed by atoms with E-state index in [4.69, 9.17) is 0 Å². The monoisotopic (exact) mass is 274 g/mol. The summed E-state index contributed by atoms with van der Waals surface area (Å²) in [4.78, 5) is 0. The van der Waals surface area contributed by atoms with Crippen molar-refractivity contribution in [2.45, 2.75) is 85.3 Å².